The standard InChI is InChI=1S/C15H18N2O3/c16-14(18)7-6-12-8-9-17(10-12)15(19)20-11-13-4-2-1-3-5-13/h1-7,12H,8-11H2,(H2,16,18)/b7-6-. The number of nitrogens with two attached hydrogens (primary N) is 1. The van der Waals surface area contributed by atoms with Crippen molar-refractivity contribution in [3.63, 3.8) is 0 Å². The maximum Gasteiger partial charge on any atom is 0.410 e. The number of nitrogens with zero attached hydrogens (tertiary/aromatic N) is 1. The number of carbonyl (C=O) groups is 2. The second-order valence-corrected chi connectivity index (χ2v) is 4.80. The van der Waals surface area contributed by atoms with Crippen LogP contribution in [-0.4, -0.2) is 30.0 Å². The Morgan fingerprint density at radius 2 is 2.10 bits per heavy atom. The highest BCUT2D eigenvalue weighted by atomic mass is 16.6. The molecule has 5 nitrogen and oxygen atoms in total. The first-order valence-corrected chi connectivity index (χ1v) is 6.58. The molecule has 1 saturated heterocycles. The quantitative estimate of drug-likeness (QED) is 0.849. The third-order valence-corrected chi connectivity index (χ3v) is 3.22. The summed E-state index contributed by atoms with van der Waals surface area (Å²) in [5.74, 6) is -0.290. The fraction of sp³-hybridized carbons (Fsp3) is 0.333. The molecule has 0 saturated carbocycles. The van der Waals surface area contributed by atoms with Gasteiger partial charge in [0.2, 0.25) is 5.91 Å². The van der Waals surface area contributed by atoms with Gasteiger partial charge in [0.05, 0.1) is 0 Å². The van der Waals surface area contributed by atoms with Crippen LogP contribution in [0.1, 0.15) is 12.0 Å². The molecule has 0 bridgehead atoms. The summed E-state index contributed by atoms with van der Waals surface area (Å²) in [5.41, 5.74) is 6.01. The number of likely N-dealkylation sites (tertiary alicyclic amines) is 1. The van der Waals surface area contributed by atoms with Gasteiger partial charge in [0.1, 0.15) is 6.61 Å². The third kappa shape index (κ3) is 4.12. The highest BCUT2D eigenvalue weighted by molar-refractivity contribution is 5.85. The average Bonchev–Trinajstić information content (AvgIpc) is 2.92. The van der Waals surface area contributed by atoms with Crippen LogP contribution in [0.4, 0.5) is 4.79 Å². The molecule has 2 N–H and O–H groups in total. The molecule has 1 aromatic carbocycles. The van der Waals surface area contributed by atoms with Crippen molar-refractivity contribution in [2.45, 2.75) is 13.0 Å². The van der Waals surface area contributed by atoms with E-state index in [0.29, 0.717) is 13.1 Å². The fourth-order valence-corrected chi connectivity index (χ4v) is 2.15. The van der Waals surface area contributed by atoms with Crippen molar-refractivity contribution in [3.05, 3.63) is 48.0 Å². The third-order valence-electron chi connectivity index (χ3n) is 3.22. The van der Waals surface area contributed by atoms with Crippen LogP contribution in [-0.2, 0) is 16.1 Å². The van der Waals surface area contributed by atoms with E-state index < -0.39 is 5.91 Å². The number of hydrogen-bond donors (Lipinski definition) is 1. The average molecular weight is 274 g/mol. The summed E-state index contributed by atoms with van der Waals surface area (Å²) in [6, 6.07) is 9.56. The van der Waals surface area contributed by atoms with Gasteiger partial charge in [0.15, 0.2) is 0 Å². The molecular formula is C15H18N2O3. The Morgan fingerprint density at radius 3 is 2.80 bits per heavy atom. The van der Waals surface area contributed by atoms with Crippen LogP contribution in [0.25, 0.3) is 0 Å². The molecule has 20 heavy (non-hydrogen) atoms. The number of carbonyl (C=O) groups excluding carboxylic acids is 2. The van der Waals surface area contributed by atoms with Crippen molar-refractivity contribution in [2.24, 2.45) is 11.7 Å². The van der Waals surface area contributed by atoms with Crippen LogP contribution >= 0.6 is 0 Å². The minimum atomic E-state index is -0.463. The summed E-state index contributed by atoms with van der Waals surface area (Å²) >= 11 is 0. The van der Waals surface area contributed by atoms with Crippen molar-refractivity contribution in [2.75, 3.05) is 13.1 Å². The molecule has 1 aliphatic rings. The minimum absolute atomic E-state index is 0.173. The normalized spacial score (nSPS) is 18.4. The smallest absolute Gasteiger partial charge is 0.410 e. The van der Waals surface area contributed by atoms with E-state index >= 15 is 0 Å². The van der Waals surface area contributed by atoms with E-state index in [9.17, 15) is 9.59 Å². The Hall–Kier alpha value is -2.30. The first-order valence-electron chi connectivity index (χ1n) is 6.58. The summed E-state index contributed by atoms with van der Waals surface area (Å²) < 4.78 is 5.26. The van der Waals surface area contributed by atoms with E-state index in [1.165, 1.54) is 6.08 Å². The fourth-order valence-electron chi connectivity index (χ4n) is 2.15. The monoisotopic (exact) mass is 274 g/mol. The lowest BCUT2D eigenvalue weighted by atomic mass is 10.1. The van der Waals surface area contributed by atoms with Crippen molar-refractivity contribution < 1.29 is 14.3 Å². The first-order chi connectivity index (χ1) is 9.65. The lowest BCUT2D eigenvalue weighted by Gasteiger charge is -2.15. The molecule has 1 aromatic rings. The van der Waals surface area contributed by atoms with Crippen LogP contribution < -0.4 is 5.73 Å². The van der Waals surface area contributed by atoms with Crippen LogP contribution in [0.15, 0.2) is 42.5 Å². The van der Waals surface area contributed by atoms with Crippen molar-refractivity contribution in [1.82, 2.24) is 4.90 Å². The summed E-state index contributed by atoms with van der Waals surface area (Å²) in [7, 11) is 0. The highest BCUT2D eigenvalue weighted by Crippen LogP contribution is 2.18. The van der Waals surface area contributed by atoms with Crippen LogP contribution in [0.2, 0.25) is 0 Å². The Bertz CT molecular complexity index is 499. The molecule has 1 unspecified atom stereocenters. The summed E-state index contributed by atoms with van der Waals surface area (Å²) in [6.07, 6.45) is 3.62. The number of amides is 2. The largest absolute Gasteiger partial charge is 0.445 e. The predicted molar refractivity (Wildman–Crippen MR) is 74.6 cm³/mol. The van der Waals surface area contributed by atoms with E-state index in [-0.39, 0.29) is 18.6 Å². The summed E-state index contributed by atoms with van der Waals surface area (Å²) in [5, 5.41) is 0. The molecule has 0 aliphatic carbocycles. The number of benzene rings is 1. The summed E-state index contributed by atoms with van der Waals surface area (Å²) in [4.78, 5) is 24.2. The Kier molecular flexibility index (Phi) is 4.76. The van der Waals surface area contributed by atoms with E-state index in [4.69, 9.17) is 10.5 Å². The number of hydrogen-bond acceptors (Lipinski definition) is 3. The second kappa shape index (κ2) is 6.75. The van der Waals surface area contributed by atoms with E-state index in [1.54, 1.807) is 11.0 Å². The van der Waals surface area contributed by atoms with Gasteiger partial charge in [-0.1, -0.05) is 36.4 Å². The van der Waals surface area contributed by atoms with Gasteiger partial charge in [-0.05, 0) is 24.0 Å². The SMILES string of the molecule is NC(=O)/C=C\C1CCN(C(=O)OCc2ccccc2)C1. The lowest BCUT2D eigenvalue weighted by Crippen LogP contribution is -2.29. The molecule has 0 aromatic heterocycles. The first kappa shape index (κ1) is 14.1. The number of primary amides is 1. The molecule has 0 spiro atoms. The van der Waals surface area contributed by atoms with Crippen molar-refractivity contribution >= 4 is 12.0 Å². The van der Waals surface area contributed by atoms with Crippen LogP contribution in [0.5, 0.6) is 0 Å². The molecule has 1 heterocycles. The molecule has 106 valence electrons. The molecule has 5 heteroatoms. The summed E-state index contributed by atoms with van der Waals surface area (Å²) in [6.45, 7) is 1.48. The van der Waals surface area contributed by atoms with Gasteiger partial charge in [-0.2, -0.15) is 0 Å². The Balaban J connectivity index is 1.78. The zero-order valence-electron chi connectivity index (χ0n) is 11.2. The Morgan fingerprint density at radius 1 is 1.35 bits per heavy atom. The molecule has 0 radical (unpaired) electrons. The molecule has 1 aliphatic heterocycles. The van der Waals surface area contributed by atoms with Gasteiger partial charge in [-0.25, -0.2) is 4.79 Å². The van der Waals surface area contributed by atoms with E-state index in [2.05, 4.69) is 0 Å². The predicted octanol–water partition coefficient (Wildman–Crippen LogP) is 1.69. The van der Waals surface area contributed by atoms with Gasteiger partial charge in [0.25, 0.3) is 0 Å². The van der Waals surface area contributed by atoms with Gasteiger partial charge >= 0.3 is 6.09 Å². The van der Waals surface area contributed by atoms with E-state index in [1.807, 2.05) is 30.3 Å². The zero-order valence-corrected chi connectivity index (χ0v) is 11.2. The van der Waals surface area contributed by atoms with Gasteiger partial charge in [-0.15, -0.1) is 0 Å². The van der Waals surface area contributed by atoms with Gasteiger partial charge < -0.3 is 15.4 Å². The van der Waals surface area contributed by atoms with Crippen molar-refractivity contribution in [1.29, 1.82) is 0 Å². The molecule has 2 amide bonds. The van der Waals surface area contributed by atoms with Crippen LogP contribution in [0, 0.1) is 5.92 Å². The lowest BCUT2D eigenvalue weighted by molar-refractivity contribution is -0.113. The van der Waals surface area contributed by atoms with Gasteiger partial charge in [0, 0.05) is 13.1 Å². The van der Waals surface area contributed by atoms with E-state index in [0.717, 1.165) is 12.0 Å². The number of rotatable bonds is 4. The molecular weight excluding hydrogens is 256 g/mol. The topological polar surface area (TPSA) is 72.6 Å². The molecule has 1 atom stereocenters. The highest BCUT2D eigenvalue weighted by Gasteiger charge is 2.25. The maximum atomic E-state index is 11.9. The zero-order chi connectivity index (χ0) is 14.4. The maximum absolute atomic E-state index is 11.9. The Labute approximate surface area is 118 Å². The number of ether oxygens (including phenoxy) is 1. The van der Waals surface area contributed by atoms with Crippen LogP contribution in [0.3, 0.4) is 0 Å². The van der Waals surface area contributed by atoms with Gasteiger partial charge in [-0.3, -0.25) is 4.79 Å². The second-order valence-electron chi connectivity index (χ2n) is 4.80. The molecule has 2 rings (SSSR count). The van der Waals surface area contributed by atoms with Crippen molar-refractivity contribution in [3.8, 4) is 0 Å². The molecule has 1 fully saturated rings. The minimum Gasteiger partial charge on any atom is -0.445 e.